The van der Waals surface area contributed by atoms with Crippen LogP contribution in [0.15, 0.2) is 54.6 Å². The Morgan fingerprint density at radius 1 is 1.03 bits per heavy atom. The van der Waals surface area contributed by atoms with E-state index in [-0.39, 0.29) is 11.1 Å². The third-order valence-electron chi connectivity index (χ3n) is 5.82. The number of ether oxygens (including phenoxy) is 1. The molecule has 0 aliphatic rings. The SMILES string of the molecule is Cc1nsc(-c2cc3sc(-c4cc(F)c(CC(=O)O)cc4F)cc3s2)c1NC(=O)O[C@H](C)c1ccccc1. The number of aryl methyl sites for hydroxylation is 1. The smallest absolute Gasteiger partial charge is 0.412 e. The van der Waals surface area contributed by atoms with Crippen molar-refractivity contribution in [3.63, 3.8) is 0 Å². The summed E-state index contributed by atoms with van der Waals surface area (Å²) >= 11 is 4.00. The van der Waals surface area contributed by atoms with E-state index < -0.39 is 36.2 Å². The molecule has 0 fully saturated rings. The first-order valence-corrected chi connectivity index (χ1v) is 13.8. The minimum absolute atomic E-state index is 0.0814. The Balaban J connectivity index is 1.37. The number of anilines is 1. The number of thiophene rings is 2. The minimum Gasteiger partial charge on any atom is -0.481 e. The van der Waals surface area contributed by atoms with Gasteiger partial charge in [-0.05, 0) is 55.2 Å². The molecule has 0 saturated heterocycles. The quantitative estimate of drug-likeness (QED) is 0.206. The van der Waals surface area contributed by atoms with E-state index in [9.17, 15) is 18.4 Å². The van der Waals surface area contributed by atoms with Gasteiger partial charge in [-0.15, -0.1) is 22.7 Å². The molecular weight excluding hydrogens is 551 g/mol. The second-order valence-electron chi connectivity index (χ2n) is 8.50. The first-order valence-electron chi connectivity index (χ1n) is 11.4. The fourth-order valence-electron chi connectivity index (χ4n) is 3.92. The number of aromatic nitrogens is 1. The Bertz CT molecular complexity index is 1630. The molecule has 1 amide bonds. The lowest BCUT2D eigenvalue weighted by Crippen LogP contribution is -2.16. The van der Waals surface area contributed by atoms with E-state index in [1.54, 1.807) is 19.9 Å². The second-order valence-corrected chi connectivity index (χ2v) is 11.4. The van der Waals surface area contributed by atoms with Crippen molar-refractivity contribution in [1.82, 2.24) is 4.37 Å². The normalized spacial score (nSPS) is 12.0. The molecule has 2 aromatic carbocycles. The number of carboxylic acid groups (broad SMARTS) is 1. The van der Waals surface area contributed by atoms with Gasteiger partial charge in [-0.3, -0.25) is 10.1 Å². The number of rotatable bonds is 7. The number of fused-ring (bicyclic) bond motifs is 1. The van der Waals surface area contributed by atoms with Crippen molar-refractivity contribution in [2.45, 2.75) is 26.4 Å². The summed E-state index contributed by atoms with van der Waals surface area (Å²) < 4.78 is 40.8. The van der Waals surface area contributed by atoms with E-state index >= 15 is 0 Å². The topological polar surface area (TPSA) is 88.5 Å². The molecule has 194 valence electrons. The first kappa shape index (κ1) is 26.0. The molecule has 5 rings (SSSR count). The number of aliphatic carboxylic acids is 1. The monoisotopic (exact) mass is 570 g/mol. The van der Waals surface area contributed by atoms with Gasteiger partial charge in [0.15, 0.2) is 0 Å². The number of carboxylic acids is 1. The summed E-state index contributed by atoms with van der Waals surface area (Å²) in [5, 5.41) is 11.7. The summed E-state index contributed by atoms with van der Waals surface area (Å²) in [6.07, 6.45) is -1.61. The van der Waals surface area contributed by atoms with Crippen LogP contribution in [0.3, 0.4) is 0 Å². The summed E-state index contributed by atoms with van der Waals surface area (Å²) in [5.74, 6) is -2.67. The number of carbonyl (C=O) groups excluding carboxylic acids is 1. The lowest BCUT2D eigenvalue weighted by atomic mass is 10.1. The number of halogens is 2. The Morgan fingerprint density at radius 2 is 1.71 bits per heavy atom. The number of nitrogens with zero attached hydrogens (tertiary/aromatic N) is 1. The lowest BCUT2D eigenvalue weighted by Gasteiger charge is -2.14. The molecule has 0 aliphatic heterocycles. The van der Waals surface area contributed by atoms with E-state index in [4.69, 9.17) is 9.84 Å². The molecule has 0 bridgehead atoms. The Labute approximate surface area is 228 Å². The van der Waals surface area contributed by atoms with Gasteiger partial charge in [0.25, 0.3) is 0 Å². The van der Waals surface area contributed by atoms with E-state index in [1.165, 1.54) is 34.2 Å². The highest BCUT2D eigenvalue weighted by Crippen LogP contribution is 2.46. The molecule has 0 aliphatic carbocycles. The number of hydrogen-bond donors (Lipinski definition) is 2. The summed E-state index contributed by atoms with van der Waals surface area (Å²) in [6.45, 7) is 3.60. The Hall–Kier alpha value is -3.67. The predicted molar refractivity (Wildman–Crippen MR) is 147 cm³/mol. The van der Waals surface area contributed by atoms with Crippen molar-refractivity contribution in [2.75, 3.05) is 5.32 Å². The molecular formula is C27H20F2N2O4S3. The largest absolute Gasteiger partial charge is 0.481 e. The molecule has 11 heteroatoms. The summed E-state index contributed by atoms with van der Waals surface area (Å²) in [7, 11) is 0. The van der Waals surface area contributed by atoms with Crippen molar-refractivity contribution in [2.24, 2.45) is 0 Å². The lowest BCUT2D eigenvalue weighted by molar-refractivity contribution is -0.136. The van der Waals surface area contributed by atoms with Gasteiger partial charge in [0.1, 0.15) is 17.7 Å². The van der Waals surface area contributed by atoms with E-state index in [0.29, 0.717) is 16.3 Å². The number of nitrogens with one attached hydrogen (secondary N) is 1. The van der Waals surface area contributed by atoms with Crippen molar-refractivity contribution in [1.29, 1.82) is 0 Å². The van der Waals surface area contributed by atoms with Gasteiger partial charge in [0.05, 0.1) is 27.6 Å². The van der Waals surface area contributed by atoms with Crippen molar-refractivity contribution in [3.8, 4) is 20.2 Å². The highest BCUT2D eigenvalue weighted by atomic mass is 32.1. The van der Waals surface area contributed by atoms with Gasteiger partial charge in [-0.2, -0.15) is 4.37 Å². The van der Waals surface area contributed by atoms with Crippen molar-refractivity contribution < 1.29 is 28.2 Å². The molecule has 0 saturated carbocycles. The number of amides is 1. The standard InChI is InChI=1S/C27H20F2N2O4S3/c1-13-25(30-27(34)35-14(2)15-6-4-3-5-7-15)26(38-31-13)23-12-22-21(37-23)11-20(36-22)17-10-18(28)16(8-19(17)29)9-24(32)33/h3-8,10-12,14H,9H2,1-2H3,(H,30,34)(H,32,33)/t14-/m1/s1. The van der Waals surface area contributed by atoms with Crippen molar-refractivity contribution in [3.05, 3.63) is 83.1 Å². The summed E-state index contributed by atoms with van der Waals surface area (Å²) in [5.41, 5.74) is 1.99. The average molecular weight is 571 g/mol. The Morgan fingerprint density at radius 3 is 2.42 bits per heavy atom. The van der Waals surface area contributed by atoms with Gasteiger partial charge in [-0.1, -0.05) is 30.3 Å². The van der Waals surface area contributed by atoms with Crippen LogP contribution >= 0.6 is 34.2 Å². The van der Waals surface area contributed by atoms with E-state index in [2.05, 4.69) is 9.69 Å². The first-order chi connectivity index (χ1) is 18.2. The molecule has 1 atom stereocenters. The second kappa shape index (κ2) is 10.6. The molecule has 0 spiro atoms. The van der Waals surface area contributed by atoms with Crippen LogP contribution in [0.5, 0.6) is 0 Å². The van der Waals surface area contributed by atoms with Crippen LogP contribution in [0.1, 0.15) is 29.8 Å². The minimum atomic E-state index is -1.23. The molecule has 3 heterocycles. The fraction of sp³-hybridized carbons (Fsp3) is 0.148. The van der Waals surface area contributed by atoms with Crippen molar-refractivity contribution >= 4 is 61.4 Å². The van der Waals surface area contributed by atoms with Crippen LogP contribution in [0.25, 0.3) is 29.6 Å². The van der Waals surface area contributed by atoms with Gasteiger partial charge in [-0.25, -0.2) is 13.6 Å². The third-order valence-corrected chi connectivity index (χ3v) is 9.26. The zero-order valence-corrected chi connectivity index (χ0v) is 22.5. The number of benzene rings is 2. The zero-order chi connectivity index (χ0) is 27.0. The maximum Gasteiger partial charge on any atom is 0.412 e. The number of hydrogen-bond acceptors (Lipinski definition) is 7. The zero-order valence-electron chi connectivity index (χ0n) is 20.1. The number of carbonyl (C=O) groups is 2. The molecule has 38 heavy (non-hydrogen) atoms. The van der Waals surface area contributed by atoms with Gasteiger partial charge >= 0.3 is 12.1 Å². The highest BCUT2D eigenvalue weighted by Gasteiger charge is 2.21. The maximum absolute atomic E-state index is 14.7. The van der Waals surface area contributed by atoms with Crippen LogP contribution < -0.4 is 5.32 Å². The third kappa shape index (κ3) is 5.31. The van der Waals surface area contributed by atoms with Gasteiger partial charge in [0, 0.05) is 25.4 Å². The van der Waals surface area contributed by atoms with Crippen LogP contribution in [-0.4, -0.2) is 21.5 Å². The van der Waals surface area contributed by atoms with Crippen LogP contribution in [-0.2, 0) is 16.0 Å². The molecule has 5 aromatic rings. The molecule has 0 radical (unpaired) electrons. The fourth-order valence-corrected chi connectivity index (χ4v) is 7.28. The maximum atomic E-state index is 14.7. The van der Waals surface area contributed by atoms with E-state index in [1.807, 2.05) is 36.4 Å². The Kier molecular flexibility index (Phi) is 7.24. The molecule has 0 unspecified atom stereocenters. The predicted octanol–water partition coefficient (Wildman–Crippen LogP) is 8.28. The van der Waals surface area contributed by atoms with Gasteiger partial charge in [0.2, 0.25) is 0 Å². The van der Waals surface area contributed by atoms with Crippen LogP contribution in [0, 0.1) is 18.6 Å². The van der Waals surface area contributed by atoms with E-state index in [0.717, 1.165) is 36.9 Å². The molecule has 6 nitrogen and oxygen atoms in total. The summed E-state index contributed by atoms with van der Waals surface area (Å²) in [4.78, 5) is 25.7. The molecule has 2 N–H and O–H groups in total. The summed E-state index contributed by atoms with van der Waals surface area (Å²) in [6, 6.07) is 15.1. The molecule has 3 aromatic heterocycles. The highest BCUT2D eigenvalue weighted by molar-refractivity contribution is 7.32. The van der Waals surface area contributed by atoms with Gasteiger partial charge < -0.3 is 9.84 Å². The van der Waals surface area contributed by atoms with Crippen LogP contribution in [0.2, 0.25) is 0 Å². The average Bonchev–Trinajstić information content (AvgIpc) is 3.55. The van der Waals surface area contributed by atoms with Crippen LogP contribution in [0.4, 0.5) is 19.3 Å².